The zero-order valence-electron chi connectivity index (χ0n) is 12.4. The van der Waals surface area contributed by atoms with E-state index in [1.54, 1.807) is 0 Å². The van der Waals surface area contributed by atoms with Gasteiger partial charge in [0.2, 0.25) is 0 Å². The molecule has 0 bridgehead atoms. The van der Waals surface area contributed by atoms with Crippen LogP contribution in [0.5, 0.6) is 0 Å². The molecule has 102 valence electrons. The van der Waals surface area contributed by atoms with Crippen LogP contribution >= 0.6 is 0 Å². The van der Waals surface area contributed by atoms with Gasteiger partial charge in [0.05, 0.1) is 0 Å². The molecule has 0 amide bonds. The van der Waals surface area contributed by atoms with Crippen molar-refractivity contribution < 1.29 is 0 Å². The molecule has 0 aromatic heterocycles. The van der Waals surface area contributed by atoms with Crippen molar-refractivity contribution in [3.63, 3.8) is 0 Å². The van der Waals surface area contributed by atoms with Crippen molar-refractivity contribution in [3.05, 3.63) is 29.8 Å². The minimum Gasteiger partial charge on any atom is -0.370 e. The van der Waals surface area contributed by atoms with Crippen LogP contribution in [0, 0.1) is 6.92 Å². The maximum atomic E-state index is 3.60. The second-order valence-corrected chi connectivity index (χ2v) is 4.87. The van der Waals surface area contributed by atoms with Crippen LogP contribution in [0.4, 0.5) is 5.69 Å². The molecule has 0 heterocycles. The number of hydrogen-bond acceptors (Lipinski definition) is 2. The maximum absolute atomic E-state index is 3.60. The molecular weight excluding hydrogens is 220 g/mol. The van der Waals surface area contributed by atoms with Gasteiger partial charge in [0, 0.05) is 24.8 Å². The zero-order chi connectivity index (χ0) is 13.4. The van der Waals surface area contributed by atoms with Crippen LogP contribution in [0.25, 0.3) is 0 Å². The summed E-state index contributed by atoms with van der Waals surface area (Å²) in [5.74, 6) is 0. The van der Waals surface area contributed by atoms with Gasteiger partial charge < -0.3 is 10.2 Å². The molecule has 18 heavy (non-hydrogen) atoms. The average Bonchev–Trinajstić information content (AvgIpc) is 2.37. The molecule has 0 saturated heterocycles. The fourth-order valence-corrected chi connectivity index (χ4v) is 2.48. The minimum absolute atomic E-state index is 0.597. The lowest BCUT2D eigenvalue weighted by Crippen LogP contribution is -2.41. The van der Waals surface area contributed by atoms with Gasteiger partial charge in [0.1, 0.15) is 0 Å². The van der Waals surface area contributed by atoms with Crippen molar-refractivity contribution in [2.24, 2.45) is 0 Å². The summed E-state index contributed by atoms with van der Waals surface area (Å²) in [6.07, 6.45) is 2.49. The number of benzene rings is 1. The van der Waals surface area contributed by atoms with Crippen molar-refractivity contribution in [1.29, 1.82) is 0 Å². The summed E-state index contributed by atoms with van der Waals surface area (Å²) in [4.78, 5) is 2.48. The summed E-state index contributed by atoms with van der Waals surface area (Å²) in [6, 6.07) is 9.26. The molecule has 0 spiro atoms. The Morgan fingerprint density at radius 1 is 1.17 bits per heavy atom. The lowest BCUT2D eigenvalue weighted by molar-refractivity contribution is 0.482. The van der Waals surface area contributed by atoms with Crippen LogP contribution in [-0.4, -0.2) is 25.7 Å². The standard InChI is InChI=1S/C16H28N2/c1-5-10-15(17-6-2)13-18(7-3)16-12-9-8-11-14(16)4/h8-9,11-12,15,17H,5-7,10,13H2,1-4H3. The highest BCUT2D eigenvalue weighted by atomic mass is 15.2. The van der Waals surface area contributed by atoms with E-state index in [2.05, 4.69) is 62.2 Å². The van der Waals surface area contributed by atoms with Crippen molar-refractivity contribution in [2.45, 2.75) is 46.6 Å². The summed E-state index contributed by atoms with van der Waals surface area (Å²) >= 11 is 0. The van der Waals surface area contributed by atoms with Crippen molar-refractivity contribution >= 4 is 5.69 Å². The van der Waals surface area contributed by atoms with E-state index >= 15 is 0 Å². The van der Waals surface area contributed by atoms with Crippen LogP contribution in [0.15, 0.2) is 24.3 Å². The predicted molar refractivity (Wildman–Crippen MR) is 81.4 cm³/mol. The largest absolute Gasteiger partial charge is 0.370 e. The lowest BCUT2D eigenvalue weighted by Gasteiger charge is -2.30. The van der Waals surface area contributed by atoms with Crippen molar-refractivity contribution in [1.82, 2.24) is 5.32 Å². The monoisotopic (exact) mass is 248 g/mol. The quantitative estimate of drug-likeness (QED) is 0.756. The van der Waals surface area contributed by atoms with Gasteiger partial charge in [-0.3, -0.25) is 0 Å². The van der Waals surface area contributed by atoms with E-state index in [1.165, 1.54) is 24.1 Å². The first kappa shape index (κ1) is 15.0. The number of para-hydroxylation sites is 1. The molecule has 1 rings (SSSR count). The van der Waals surface area contributed by atoms with Crippen LogP contribution in [0.1, 0.15) is 39.2 Å². The molecule has 2 heteroatoms. The molecule has 0 saturated carbocycles. The van der Waals surface area contributed by atoms with E-state index in [4.69, 9.17) is 0 Å². The van der Waals surface area contributed by atoms with Crippen molar-refractivity contribution in [3.8, 4) is 0 Å². The van der Waals surface area contributed by atoms with Crippen molar-refractivity contribution in [2.75, 3.05) is 24.5 Å². The Bertz CT molecular complexity index is 330. The van der Waals surface area contributed by atoms with Crippen LogP contribution < -0.4 is 10.2 Å². The summed E-state index contributed by atoms with van der Waals surface area (Å²) in [5, 5.41) is 3.60. The Morgan fingerprint density at radius 3 is 2.44 bits per heavy atom. The molecule has 1 atom stereocenters. The number of nitrogens with zero attached hydrogens (tertiary/aromatic N) is 1. The average molecular weight is 248 g/mol. The fourth-order valence-electron chi connectivity index (χ4n) is 2.48. The van der Waals surface area contributed by atoms with E-state index in [9.17, 15) is 0 Å². The summed E-state index contributed by atoms with van der Waals surface area (Å²) in [6.45, 7) is 12.1. The summed E-state index contributed by atoms with van der Waals surface area (Å²) in [5.41, 5.74) is 2.74. The van der Waals surface area contributed by atoms with Gasteiger partial charge in [0.25, 0.3) is 0 Å². The highest BCUT2D eigenvalue weighted by Gasteiger charge is 2.13. The molecular formula is C16H28N2. The molecule has 1 N–H and O–H groups in total. The normalized spacial score (nSPS) is 12.4. The molecule has 1 unspecified atom stereocenters. The van der Waals surface area contributed by atoms with Gasteiger partial charge in [0.15, 0.2) is 0 Å². The van der Waals surface area contributed by atoms with Gasteiger partial charge in [-0.15, -0.1) is 0 Å². The third-order valence-electron chi connectivity index (χ3n) is 3.41. The fraction of sp³-hybridized carbons (Fsp3) is 0.625. The zero-order valence-corrected chi connectivity index (χ0v) is 12.4. The summed E-state index contributed by atoms with van der Waals surface area (Å²) < 4.78 is 0. The molecule has 0 fully saturated rings. The first-order valence-corrected chi connectivity index (χ1v) is 7.26. The Hall–Kier alpha value is -1.02. The Kier molecular flexibility index (Phi) is 6.81. The number of anilines is 1. The SMILES string of the molecule is CCCC(CN(CC)c1ccccc1C)NCC. The number of aryl methyl sites for hydroxylation is 1. The Morgan fingerprint density at radius 2 is 1.89 bits per heavy atom. The lowest BCUT2D eigenvalue weighted by atomic mass is 10.1. The van der Waals surface area contributed by atoms with Gasteiger partial charge in [-0.1, -0.05) is 38.5 Å². The first-order chi connectivity index (χ1) is 8.72. The van der Waals surface area contributed by atoms with Gasteiger partial charge in [-0.25, -0.2) is 0 Å². The number of hydrogen-bond donors (Lipinski definition) is 1. The van der Waals surface area contributed by atoms with E-state index in [0.717, 1.165) is 19.6 Å². The van der Waals surface area contributed by atoms with Crippen LogP contribution in [0.2, 0.25) is 0 Å². The van der Waals surface area contributed by atoms with E-state index < -0.39 is 0 Å². The first-order valence-electron chi connectivity index (χ1n) is 7.26. The molecule has 2 nitrogen and oxygen atoms in total. The van der Waals surface area contributed by atoms with Gasteiger partial charge >= 0.3 is 0 Å². The third kappa shape index (κ3) is 4.34. The van der Waals surface area contributed by atoms with E-state index in [1.807, 2.05) is 0 Å². The van der Waals surface area contributed by atoms with E-state index in [-0.39, 0.29) is 0 Å². The molecule has 1 aromatic rings. The highest BCUT2D eigenvalue weighted by Crippen LogP contribution is 2.19. The summed E-state index contributed by atoms with van der Waals surface area (Å²) in [7, 11) is 0. The number of likely N-dealkylation sites (N-methyl/N-ethyl adjacent to an activating group) is 2. The number of rotatable bonds is 8. The Balaban J connectivity index is 2.73. The van der Waals surface area contributed by atoms with Gasteiger partial charge in [-0.05, 0) is 38.4 Å². The predicted octanol–water partition coefficient (Wildman–Crippen LogP) is 3.60. The molecule has 0 aliphatic heterocycles. The molecule has 0 aliphatic rings. The topological polar surface area (TPSA) is 15.3 Å². The second-order valence-electron chi connectivity index (χ2n) is 4.87. The minimum atomic E-state index is 0.597. The Labute approximate surface area is 112 Å². The highest BCUT2D eigenvalue weighted by molar-refractivity contribution is 5.52. The third-order valence-corrected chi connectivity index (χ3v) is 3.41. The number of nitrogens with one attached hydrogen (secondary N) is 1. The van der Waals surface area contributed by atoms with Gasteiger partial charge in [-0.2, -0.15) is 0 Å². The maximum Gasteiger partial charge on any atom is 0.0396 e. The molecule has 0 radical (unpaired) electrons. The second kappa shape index (κ2) is 8.15. The van der Waals surface area contributed by atoms with Crippen LogP contribution in [0.3, 0.4) is 0 Å². The van der Waals surface area contributed by atoms with Crippen LogP contribution in [-0.2, 0) is 0 Å². The smallest absolute Gasteiger partial charge is 0.0396 e. The van der Waals surface area contributed by atoms with E-state index in [0.29, 0.717) is 6.04 Å². The molecule has 0 aliphatic carbocycles. The molecule has 1 aromatic carbocycles.